The third-order valence-electron chi connectivity index (χ3n) is 6.11. The van der Waals surface area contributed by atoms with Gasteiger partial charge < -0.3 is 20.6 Å². The number of hydrogen-bond acceptors (Lipinski definition) is 5. The standard InChI is InChI=1S/C26H23ClN6O2/c1-14-7-23(28)32-15(2)19(14)11-31-25(34)20-13-33(22-5-6-29-26(35)24(20)22)12-16-3-4-21-17(8-16)9-18(27)10-30-21/h3-10,13H,11-12H2,1-2H3,(H2,28,32)(H,29,35)(H,31,34). The first-order valence-corrected chi connectivity index (χ1v) is 11.4. The normalized spacial score (nSPS) is 11.3. The molecule has 0 bridgehead atoms. The molecule has 9 heteroatoms. The molecule has 0 aliphatic carbocycles. The van der Waals surface area contributed by atoms with Crippen LogP contribution in [0.15, 0.2) is 59.8 Å². The summed E-state index contributed by atoms with van der Waals surface area (Å²) in [6.45, 7) is 4.53. The number of aryl methyl sites for hydroxylation is 2. The van der Waals surface area contributed by atoms with Crippen molar-refractivity contribution >= 4 is 45.1 Å². The van der Waals surface area contributed by atoms with Crippen LogP contribution in [0.1, 0.15) is 32.7 Å². The number of carbonyl (C=O) groups excluding carboxylic acids is 1. The Hall–Kier alpha value is -4.17. The van der Waals surface area contributed by atoms with Crippen LogP contribution in [-0.4, -0.2) is 25.4 Å². The Bertz CT molecular complexity index is 1650. The smallest absolute Gasteiger partial charge is 0.258 e. The van der Waals surface area contributed by atoms with Gasteiger partial charge in [0.2, 0.25) is 0 Å². The van der Waals surface area contributed by atoms with Crippen LogP contribution in [0.5, 0.6) is 0 Å². The molecule has 0 spiro atoms. The molecule has 4 N–H and O–H groups in total. The molecule has 0 atom stereocenters. The predicted molar refractivity (Wildman–Crippen MR) is 138 cm³/mol. The molecular formula is C26H23ClN6O2. The lowest BCUT2D eigenvalue weighted by Crippen LogP contribution is -2.25. The fraction of sp³-hybridized carbons (Fsp3) is 0.154. The first-order valence-electron chi connectivity index (χ1n) is 11.1. The Kier molecular flexibility index (Phi) is 5.74. The second-order valence-corrected chi connectivity index (χ2v) is 8.97. The number of benzene rings is 1. The van der Waals surface area contributed by atoms with Crippen LogP contribution in [0.4, 0.5) is 5.82 Å². The molecule has 0 aliphatic heterocycles. The number of nitrogens with zero attached hydrogens (tertiary/aromatic N) is 3. The minimum Gasteiger partial charge on any atom is -0.384 e. The Balaban J connectivity index is 1.48. The van der Waals surface area contributed by atoms with Gasteiger partial charge in [-0.1, -0.05) is 17.7 Å². The molecule has 0 saturated carbocycles. The van der Waals surface area contributed by atoms with Crippen LogP contribution in [0.3, 0.4) is 0 Å². The van der Waals surface area contributed by atoms with E-state index in [9.17, 15) is 9.59 Å². The lowest BCUT2D eigenvalue weighted by molar-refractivity contribution is 0.0952. The predicted octanol–water partition coefficient (Wildman–Crippen LogP) is 4.10. The molecule has 0 fully saturated rings. The SMILES string of the molecule is Cc1cc(N)nc(C)c1CNC(=O)c1cn(Cc2ccc3ncc(Cl)cc3c2)c2cc[nH]c(=O)c12. The van der Waals surface area contributed by atoms with Gasteiger partial charge in [-0.15, -0.1) is 0 Å². The van der Waals surface area contributed by atoms with Crippen molar-refractivity contribution in [2.24, 2.45) is 0 Å². The van der Waals surface area contributed by atoms with E-state index in [-0.39, 0.29) is 18.0 Å². The van der Waals surface area contributed by atoms with E-state index in [4.69, 9.17) is 17.3 Å². The third kappa shape index (κ3) is 4.36. The second-order valence-electron chi connectivity index (χ2n) is 8.53. The molecule has 0 saturated heterocycles. The van der Waals surface area contributed by atoms with Crippen LogP contribution in [0.2, 0.25) is 5.02 Å². The molecule has 4 heterocycles. The van der Waals surface area contributed by atoms with E-state index in [2.05, 4.69) is 20.3 Å². The second kappa shape index (κ2) is 8.88. The molecule has 176 valence electrons. The van der Waals surface area contributed by atoms with Gasteiger partial charge in [-0.2, -0.15) is 0 Å². The zero-order valence-corrected chi connectivity index (χ0v) is 20.0. The number of halogens is 1. The van der Waals surface area contributed by atoms with E-state index in [1.165, 1.54) is 0 Å². The number of aromatic nitrogens is 4. The largest absolute Gasteiger partial charge is 0.384 e. The van der Waals surface area contributed by atoms with E-state index in [0.717, 1.165) is 33.3 Å². The lowest BCUT2D eigenvalue weighted by atomic mass is 10.1. The van der Waals surface area contributed by atoms with Crippen LogP contribution in [-0.2, 0) is 13.1 Å². The van der Waals surface area contributed by atoms with E-state index in [1.807, 2.05) is 42.7 Å². The highest BCUT2D eigenvalue weighted by atomic mass is 35.5. The van der Waals surface area contributed by atoms with Gasteiger partial charge in [0.05, 0.1) is 27.0 Å². The number of hydrogen-bond donors (Lipinski definition) is 3. The van der Waals surface area contributed by atoms with E-state index < -0.39 is 0 Å². The average molecular weight is 487 g/mol. The molecular weight excluding hydrogens is 464 g/mol. The summed E-state index contributed by atoms with van der Waals surface area (Å²) in [6, 6.07) is 11.3. The number of amides is 1. The van der Waals surface area contributed by atoms with Crippen LogP contribution in [0, 0.1) is 13.8 Å². The van der Waals surface area contributed by atoms with Gasteiger partial charge in [0.15, 0.2) is 0 Å². The summed E-state index contributed by atoms with van der Waals surface area (Å²) >= 11 is 6.11. The van der Waals surface area contributed by atoms with Crippen LogP contribution < -0.4 is 16.6 Å². The van der Waals surface area contributed by atoms with Gasteiger partial charge in [-0.05, 0) is 60.9 Å². The highest BCUT2D eigenvalue weighted by molar-refractivity contribution is 6.31. The number of aromatic amines is 1. The number of pyridine rings is 3. The molecule has 1 amide bonds. The van der Waals surface area contributed by atoms with Crippen molar-refractivity contribution in [2.45, 2.75) is 26.9 Å². The summed E-state index contributed by atoms with van der Waals surface area (Å²) in [7, 11) is 0. The van der Waals surface area contributed by atoms with Crippen molar-refractivity contribution in [3.63, 3.8) is 0 Å². The molecule has 8 nitrogen and oxygen atoms in total. The zero-order chi connectivity index (χ0) is 24.7. The quantitative estimate of drug-likeness (QED) is 0.345. The van der Waals surface area contributed by atoms with Gasteiger partial charge >= 0.3 is 0 Å². The molecule has 4 aromatic heterocycles. The van der Waals surface area contributed by atoms with Gasteiger partial charge in [-0.25, -0.2) is 4.98 Å². The summed E-state index contributed by atoms with van der Waals surface area (Å²) in [6.07, 6.45) is 4.92. The monoisotopic (exact) mass is 486 g/mol. The maximum absolute atomic E-state index is 13.2. The average Bonchev–Trinajstić information content (AvgIpc) is 3.17. The molecule has 0 unspecified atom stereocenters. The van der Waals surface area contributed by atoms with Gasteiger partial charge in [-0.3, -0.25) is 14.6 Å². The van der Waals surface area contributed by atoms with Crippen LogP contribution in [0.25, 0.3) is 21.8 Å². The number of rotatable bonds is 5. The van der Waals surface area contributed by atoms with Crippen LogP contribution >= 0.6 is 11.6 Å². The maximum atomic E-state index is 13.2. The van der Waals surface area contributed by atoms with Crippen molar-refractivity contribution < 1.29 is 4.79 Å². The van der Waals surface area contributed by atoms with Gasteiger partial charge in [0.1, 0.15) is 5.82 Å². The number of H-pyrrole nitrogens is 1. The fourth-order valence-corrected chi connectivity index (χ4v) is 4.60. The Morgan fingerprint density at radius 3 is 2.83 bits per heavy atom. The van der Waals surface area contributed by atoms with Crippen molar-refractivity contribution in [1.82, 2.24) is 24.8 Å². The summed E-state index contributed by atoms with van der Waals surface area (Å²) in [5.41, 5.74) is 10.9. The topological polar surface area (TPSA) is 119 Å². The highest BCUT2D eigenvalue weighted by Gasteiger charge is 2.19. The number of nitrogens with two attached hydrogens (primary N) is 1. The summed E-state index contributed by atoms with van der Waals surface area (Å²) in [5.74, 6) is 0.104. The number of anilines is 1. The first kappa shape index (κ1) is 22.6. The lowest BCUT2D eigenvalue weighted by Gasteiger charge is -2.11. The summed E-state index contributed by atoms with van der Waals surface area (Å²) in [5, 5.41) is 4.77. The zero-order valence-electron chi connectivity index (χ0n) is 19.2. The number of carbonyl (C=O) groups is 1. The van der Waals surface area contributed by atoms with Crippen molar-refractivity contribution in [3.05, 3.63) is 98.3 Å². The Morgan fingerprint density at radius 1 is 1.20 bits per heavy atom. The molecule has 5 aromatic rings. The Morgan fingerprint density at radius 2 is 2.03 bits per heavy atom. The summed E-state index contributed by atoms with van der Waals surface area (Å²) in [4.78, 5) is 37.2. The third-order valence-corrected chi connectivity index (χ3v) is 6.32. The molecule has 5 rings (SSSR count). The minimum atomic E-state index is -0.337. The van der Waals surface area contributed by atoms with Gasteiger partial charge in [0, 0.05) is 42.8 Å². The van der Waals surface area contributed by atoms with E-state index in [0.29, 0.717) is 33.9 Å². The molecule has 1 aromatic carbocycles. The van der Waals surface area contributed by atoms with E-state index in [1.54, 1.807) is 30.7 Å². The molecule has 35 heavy (non-hydrogen) atoms. The van der Waals surface area contributed by atoms with E-state index >= 15 is 0 Å². The van der Waals surface area contributed by atoms with Crippen molar-refractivity contribution in [2.75, 3.05) is 5.73 Å². The highest BCUT2D eigenvalue weighted by Crippen LogP contribution is 2.23. The minimum absolute atomic E-state index is 0.277. The first-order chi connectivity index (χ1) is 16.8. The summed E-state index contributed by atoms with van der Waals surface area (Å²) < 4.78 is 1.90. The maximum Gasteiger partial charge on any atom is 0.258 e. The van der Waals surface area contributed by atoms with Gasteiger partial charge in [0.25, 0.3) is 11.5 Å². The van der Waals surface area contributed by atoms with Crippen molar-refractivity contribution in [3.8, 4) is 0 Å². The molecule has 0 radical (unpaired) electrons. The number of fused-ring (bicyclic) bond motifs is 2. The number of nitrogens with one attached hydrogen (secondary N) is 2. The Labute approximate surface area is 205 Å². The number of nitrogen functional groups attached to an aromatic ring is 1. The molecule has 0 aliphatic rings. The fourth-order valence-electron chi connectivity index (χ4n) is 4.43. The van der Waals surface area contributed by atoms with Crippen molar-refractivity contribution in [1.29, 1.82) is 0 Å².